The van der Waals surface area contributed by atoms with Crippen molar-refractivity contribution in [1.29, 1.82) is 0 Å². The maximum absolute atomic E-state index is 4.23. The Hall–Kier alpha value is -2.10. The van der Waals surface area contributed by atoms with Crippen LogP contribution in [0.5, 0.6) is 0 Å². The van der Waals surface area contributed by atoms with Gasteiger partial charge in [-0.05, 0) is 18.6 Å². The van der Waals surface area contributed by atoms with Crippen molar-refractivity contribution < 1.29 is 0 Å². The van der Waals surface area contributed by atoms with Crippen molar-refractivity contribution >= 4 is 11.2 Å². The Balaban J connectivity index is 2.19. The van der Waals surface area contributed by atoms with Gasteiger partial charge in [0.25, 0.3) is 0 Å². The molecule has 3 aromatic heterocycles. The van der Waals surface area contributed by atoms with Crippen LogP contribution < -0.4 is 0 Å². The molecule has 3 rings (SSSR count). The SMILES string of the molecule is Cc1ccn(-c2cc3nccnc3[nH]2)c1. The summed E-state index contributed by atoms with van der Waals surface area (Å²) < 4.78 is 2.03. The molecule has 0 spiro atoms. The Morgan fingerprint density at radius 1 is 1.27 bits per heavy atom. The summed E-state index contributed by atoms with van der Waals surface area (Å²) in [6.07, 6.45) is 7.45. The van der Waals surface area contributed by atoms with Crippen LogP contribution in [-0.2, 0) is 0 Å². The number of nitrogens with zero attached hydrogens (tertiary/aromatic N) is 3. The Morgan fingerprint density at radius 3 is 2.87 bits per heavy atom. The Labute approximate surface area is 86.6 Å². The molecule has 0 saturated heterocycles. The predicted octanol–water partition coefficient (Wildman–Crippen LogP) is 2.06. The van der Waals surface area contributed by atoms with E-state index in [-0.39, 0.29) is 0 Å². The van der Waals surface area contributed by atoms with Gasteiger partial charge in [-0.25, -0.2) is 4.98 Å². The second kappa shape index (κ2) is 2.95. The molecule has 0 radical (unpaired) electrons. The molecule has 0 saturated carbocycles. The monoisotopic (exact) mass is 198 g/mol. The van der Waals surface area contributed by atoms with Crippen LogP contribution in [0, 0.1) is 6.92 Å². The van der Waals surface area contributed by atoms with E-state index in [2.05, 4.69) is 34.1 Å². The van der Waals surface area contributed by atoms with Gasteiger partial charge in [0, 0.05) is 30.9 Å². The largest absolute Gasteiger partial charge is 0.324 e. The smallest absolute Gasteiger partial charge is 0.157 e. The molecule has 0 atom stereocenters. The lowest BCUT2D eigenvalue weighted by atomic mass is 10.4. The third-order valence-electron chi connectivity index (χ3n) is 2.37. The van der Waals surface area contributed by atoms with Crippen molar-refractivity contribution in [3.63, 3.8) is 0 Å². The van der Waals surface area contributed by atoms with E-state index in [1.807, 2.05) is 16.8 Å². The van der Waals surface area contributed by atoms with Crippen molar-refractivity contribution in [3.05, 3.63) is 42.5 Å². The number of hydrogen-bond acceptors (Lipinski definition) is 2. The Bertz CT molecular complexity index is 573. The lowest BCUT2D eigenvalue weighted by Gasteiger charge is -1.95. The third-order valence-corrected chi connectivity index (χ3v) is 2.37. The molecule has 3 heterocycles. The average molecular weight is 198 g/mol. The number of hydrogen-bond donors (Lipinski definition) is 1. The zero-order valence-electron chi connectivity index (χ0n) is 8.31. The van der Waals surface area contributed by atoms with Crippen LogP contribution in [0.2, 0.25) is 0 Å². The van der Waals surface area contributed by atoms with E-state index in [1.165, 1.54) is 5.56 Å². The molecular weight excluding hydrogens is 188 g/mol. The molecular formula is C11H10N4. The molecule has 4 heteroatoms. The lowest BCUT2D eigenvalue weighted by Crippen LogP contribution is -1.88. The number of fused-ring (bicyclic) bond motifs is 1. The fourth-order valence-corrected chi connectivity index (χ4v) is 1.63. The van der Waals surface area contributed by atoms with Crippen LogP contribution in [0.25, 0.3) is 17.0 Å². The number of aromatic nitrogens is 4. The summed E-state index contributed by atoms with van der Waals surface area (Å²) in [4.78, 5) is 11.6. The highest BCUT2D eigenvalue weighted by Crippen LogP contribution is 2.14. The minimum absolute atomic E-state index is 0.818. The molecule has 1 N–H and O–H groups in total. The second-order valence-corrected chi connectivity index (χ2v) is 3.54. The van der Waals surface area contributed by atoms with Crippen molar-refractivity contribution in [2.24, 2.45) is 0 Å². The molecule has 0 bridgehead atoms. The molecule has 0 amide bonds. The van der Waals surface area contributed by atoms with Crippen LogP contribution >= 0.6 is 0 Å². The molecule has 0 fully saturated rings. The molecule has 4 nitrogen and oxygen atoms in total. The quantitative estimate of drug-likeness (QED) is 0.650. The number of aromatic amines is 1. The van der Waals surface area contributed by atoms with E-state index in [4.69, 9.17) is 0 Å². The first-order valence-corrected chi connectivity index (χ1v) is 4.77. The normalized spacial score (nSPS) is 11.0. The van der Waals surface area contributed by atoms with Crippen LogP contribution in [0.15, 0.2) is 36.9 Å². The summed E-state index contributed by atoms with van der Waals surface area (Å²) in [5.41, 5.74) is 2.94. The van der Waals surface area contributed by atoms with Crippen molar-refractivity contribution in [1.82, 2.24) is 19.5 Å². The van der Waals surface area contributed by atoms with Gasteiger partial charge in [0.15, 0.2) is 5.65 Å². The third kappa shape index (κ3) is 1.30. The van der Waals surface area contributed by atoms with Gasteiger partial charge in [-0.15, -0.1) is 0 Å². The molecule has 3 aromatic rings. The van der Waals surface area contributed by atoms with Gasteiger partial charge in [0.1, 0.15) is 11.3 Å². The van der Waals surface area contributed by atoms with E-state index in [0.29, 0.717) is 0 Å². The summed E-state index contributed by atoms with van der Waals surface area (Å²) >= 11 is 0. The summed E-state index contributed by atoms with van der Waals surface area (Å²) in [6.45, 7) is 2.07. The van der Waals surface area contributed by atoms with E-state index in [0.717, 1.165) is 17.0 Å². The van der Waals surface area contributed by atoms with Gasteiger partial charge in [-0.3, -0.25) is 4.98 Å². The topological polar surface area (TPSA) is 46.5 Å². The van der Waals surface area contributed by atoms with E-state index in [1.54, 1.807) is 12.4 Å². The number of aryl methyl sites for hydroxylation is 1. The lowest BCUT2D eigenvalue weighted by molar-refractivity contribution is 1.03. The first kappa shape index (κ1) is 8.23. The van der Waals surface area contributed by atoms with Crippen LogP contribution in [-0.4, -0.2) is 19.5 Å². The van der Waals surface area contributed by atoms with Gasteiger partial charge >= 0.3 is 0 Å². The first-order chi connectivity index (χ1) is 7.33. The standard InChI is InChI=1S/C11H10N4/c1-8-2-5-15(7-8)10-6-9-11(14-10)13-4-3-12-9/h2-7H,1H3,(H,13,14). The van der Waals surface area contributed by atoms with Gasteiger partial charge in [-0.1, -0.05) is 0 Å². The minimum atomic E-state index is 0.818. The maximum atomic E-state index is 4.23. The van der Waals surface area contributed by atoms with Crippen LogP contribution in [0.3, 0.4) is 0 Å². The van der Waals surface area contributed by atoms with E-state index >= 15 is 0 Å². The maximum Gasteiger partial charge on any atom is 0.157 e. The van der Waals surface area contributed by atoms with E-state index < -0.39 is 0 Å². The molecule has 0 unspecified atom stereocenters. The number of rotatable bonds is 1. The zero-order chi connectivity index (χ0) is 10.3. The van der Waals surface area contributed by atoms with Crippen molar-refractivity contribution in [2.45, 2.75) is 6.92 Å². The van der Waals surface area contributed by atoms with Gasteiger partial charge in [-0.2, -0.15) is 0 Å². The Kier molecular flexibility index (Phi) is 1.62. The van der Waals surface area contributed by atoms with Gasteiger partial charge in [0.2, 0.25) is 0 Å². The first-order valence-electron chi connectivity index (χ1n) is 4.77. The average Bonchev–Trinajstić information content (AvgIpc) is 2.82. The molecule has 0 aromatic carbocycles. The Morgan fingerprint density at radius 2 is 2.13 bits per heavy atom. The number of nitrogens with one attached hydrogen (secondary N) is 1. The van der Waals surface area contributed by atoms with Gasteiger partial charge in [0.05, 0.1) is 0 Å². The predicted molar refractivity (Wildman–Crippen MR) is 58.0 cm³/mol. The molecule has 15 heavy (non-hydrogen) atoms. The molecule has 0 aliphatic rings. The summed E-state index contributed by atoms with van der Waals surface area (Å²) in [7, 11) is 0. The highest BCUT2D eigenvalue weighted by molar-refractivity contribution is 5.73. The highest BCUT2D eigenvalue weighted by Gasteiger charge is 2.03. The summed E-state index contributed by atoms with van der Waals surface area (Å²) in [5.74, 6) is 0.990. The van der Waals surface area contributed by atoms with Crippen LogP contribution in [0.1, 0.15) is 5.56 Å². The summed E-state index contributed by atoms with van der Waals surface area (Å²) in [6, 6.07) is 4.05. The van der Waals surface area contributed by atoms with Gasteiger partial charge < -0.3 is 9.55 Å². The van der Waals surface area contributed by atoms with Crippen LogP contribution in [0.4, 0.5) is 0 Å². The summed E-state index contributed by atoms with van der Waals surface area (Å²) in [5, 5.41) is 0. The van der Waals surface area contributed by atoms with Crippen molar-refractivity contribution in [3.8, 4) is 5.82 Å². The van der Waals surface area contributed by atoms with Crippen molar-refractivity contribution in [2.75, 3.05) is 0 Å². The minimum Gasteiger partial charge on any atom is -0.324 e. The van der Waals surface area contributed by atoms with E-state index in [9.17, 15) is 0 Å². The molecule has 0 aliphatic heterocycles. The molecule has 0 aliphatic carbocycles. The zero-order valence-corrected chi connectivity index (χ0v) is 8.31. The fourth-order valence-electron chi connectivity index (χ4n) is 1.63. The fraction of sp³-hybridized carbons (Fsp3) is 0.0909. The second-order valence-electron chi connectivity index (χ2n) is 3.54. The highest BCUT2D eigenvalue weighted by atomic mass is 15.1. The molecule has 74 valence electrons. The number of H-pyrrole nitrogens is 1.